The first-order chi connectivity index (χ1) is 9.56. The highest BCUT2D eigenvalue weighted by atomic mass is 19.1. The third kappa shape index (κ3) is 3.60. The molecule has 4 N–H and O–H groups in total. The summed E-state index contributed by atoms with van der Waals surface area (Å²) in [6.45, 7) is 6.88. The van der Waals surface area contributed by atoms with Crippen LogP contribution >= 0.6 is 0 Å². The Kier molecular flexibility index (Phi) is 4.40. The average molecular weight is 274 g/mol. The van der Waals surface area contributed by atoms with Crippen LogP contribution in [0.3, 0.4) is 0 Å². The number of aromatic nitrogens is 1. The molecule has 1 aromatic carbocycles. The number of aliphatic imine (C=N–C) groups is 1. The van der Waals surface area contributed by atoms with E-state index in [9.17, 15) is 4.39 Å². The van der Waals surface area contributed by atoms with E-state index in [1.54, 1.807) is 6.07 Å². The molecule has 0 atom stereocenters. The molecular formula is C15H19FN4. The lowest BCUT2D eigenvalue weighted by Crippen LogP contribution is -2.33. The average Bonchev–Trinajstić information content (AvgIpc) is 2.79. The molecule has 106 valence electrons. The summed E-state index contributed by atoms with van der Waals surface area (Å²) in [4.78, 5) is 7.21. The number of guanidine groups is 1. The molecule has 1 aromatic heterocycles. The first-order valence-corrected chi connectivity index (χ1v) is 6.50. The molecule has 2 aromatic rings. The van der Waals surface area contributed by atoms with E-state index in [0.717, 1.165) is 28.5 Å². The molecule has 0 radical (unpaired) electrons. The first-order valence-electron chi connectivity index (χ1n) is 6.50. The molecule has 4 nitrogen and oxygen atoms in total. The molecule has 0 spiro atoms. The smallest absolute Gasteiger partial charge is 0.188 e. The number of halogens is 1. The Bertz CT molecular complexity index is 642. The number of H-pyrrole nitrogens is 1. The standard InChI is InChI=1S/C15H19FN4/c1-10(2)8-20-15(17)18-6-5-11-9-19-14-7-12(16)3-4-13(11)14/h3-4,7,9,19H,1,5-6,8H2,2H3,(H3,17,18,20). The lowest BCUT2D eigenvalue weighted by Gasteiger charge is -2.05. The van der Waals surface area contributed by atoms with Gasteiger partial charge in [0.1, 0.15) is 5.82 Å². The maximum atomic E-state index is 13.1. The number of rotatable bonds is 5. The van der Waals surface area contributed by atoms with Crippen LogP contribution in [0.25, 0.3) is 10.9 Å². The molecule has 0 aliphatic carbocycles. The van der Waals surface area contributed by atoms with Gasteiger partial charge in [0.05, 0.1) is 6.54 Å². The molecular weight excluding hydrogens is 255 g/mol. The quantitative estimate of drug-likeness (QED) is 0.445. The summed E-state index contributed by atoms with van der Waals surface area (Å²) in [5.74, 6) is 0.180. The Morgan fingerprint density at radius 1 is 1.50 bits per heavy atom. The highest BCUT2D eigenvalue weighted by molar-refractivity contribution is 5.83. The Balaban J connectivity index is 1.93. The predicted molar refractivity (Wildman–Crippen MR) is 81.3 cm³/mol. The molecule has 0 unspecified atom stereocenters. The van der Waals surface area contributed by atoms with Gasteiger partial charge in [0, 0.05) is 23.6 Å². The van der Waals surface area contributed by atoms with Crippen LogP contribution in [0.2, 0.25) is 0 Å². The van der Waals surface area contributed by atoms with Gasteiger partial charge in [-0.05, 0) is 37.1 Å². The third-order valence-electron chi connectivity index (χ3n) is 2.95. The van der Waals surface area contributed by atoms with Crippen molar-refractivity contribution in [2.45, 2.75) is 13.3 Å². The third-order valence-corrected chi connectivity index (χ3v) is 2.95. The molecule has 0 aliphatic heterocycles. The second-order valence-corrected chi connectivity index (χ2v) is 4.84. The summed E-state index contributed by atoms with van der Waals surface area (Å²) >= 11 is 0. The van der Waals surface area contributed by atoms with E-state index in [4.69, 9.17) is 5.73 Å². The van der Waals surface area contributed by atoms with Crippen molar-refractivity contribution in [3.8, 4) is 0 Å². The second-order valence-electron chi connectivity index (χ2n) is 4.84. The van der Waals surface area contributed by atoms with E-state index >= 15 is 0 Å². The Morgan fingerprint density at radius 3 is 3.05 bits per heavy atom. The van der Waals surface area contributed by atoms with Gasteiger partial charge in [-0.1, -0.05) is 12.2 Å². The summed E-state index contributed by atoms with van der Waals surface area (Å²) in [5.41, 5.74) is 8.63. The van der Waals surface area contributed by atoms with E-state index in [0.29, 0.717) is 19.0 Å². The van der Waals surface area contributed by atoms with Crippen LogP contribution in [0.15, 0.2) is 41.5 Å². The molecule has 1 heterocycles. The van der Waals surface area contributed by atoms with Crippen molar-refractivity contribution in [1.82, 2.24) is 10.3 Å². The molecule has 0 amide bonds. The van der Waals surface area contributed by atoms with Gasteiger partial charge in [-0.3, -0.25) is 0 Å². The van der Waals surface area contributed by atoms with Gasteiger partial charge < -0.3 is 16.0 Å². The first kappa shape index (κ1) is 14.1. The number of aromatic amines is 1. The van der Waals surface area contributed by atoms with Gasteiger partial charge >= 0.3 is 0 Å². The molecule has 0 bridgehead atoms. The SMILES string of the molecule is C=C(C)CN=C(N)NCCc1c[nH]c2cc(F)ccc12. The fourth-order valence-corrected chi connectivity index (χ4v) is 1.97. The van der Waals surface area contributed by atoms with Gasteiger partial charge in [-0.15, -0.1) is 0 Å². The van der Waals surface area contributed by atoms with Crippen LogP contribution in [0, 0.1) is 5.82 Å². The zero-order valence-corrected chi connectivity index (χ0v) is 11.5. The number of hydrogen-bond donors (Lipinski definition) is 3. The van der Waals surface area contributed by atoms with Gasteiger partial charge in [-0.25, -0.2) is 9.38 Å². The number of fused-ring (bicyclic) bond motifs is 1. The summed E-state index contributed by atoms with van der Waals surface area (Å²) < 4.78 is 13.1. The van der Waals surface area contributed by atoms with E-state index in [-0.39, 0.29) is 5.82 Å². The summed E-state index contributed by atoms with van der Waals surface area (Å²) in [5, 5.41) is 4.08. The molecule has 0 aliphatic rings. The molecule has 0 fully saturated rings. The number of nitrogens with zero attached hydrogens (tertiary/aromatic N) is 1. The van der Waals surface area contributed by atoms with Crippen LogP contribution in [-0.2, 0) is 6.42 Å². The predicted octanol–water partition coefficient (Wildman–Crippen LogP) is 2.33. The highest BCUT2D eigenvalue weighted by Crippen LogP contribution is 2.19. The van der Waals surface area contributed by atoms with Gasteiger partial charge in [0.15, 0.2) is 5.96 Å². The van der Waals surface area contributed by atoms with Crippen molar-refractivity contribution in [3.63, 3.8) is 0 Å². The second kappa shape index (κ2) is 6.23. The molecule has 20 heavy (non-hydrogen) atoms. The van der Waals surface area contributed by atoms with Crippen LogP contribution in [0.1, 0.15) is 12.5 Å². The van der Waals surface area contributed by atoms with Crippen molar-refractivity contribution in [2.75, 3.05) is 13.1 Å². The fourth-order valence-electron chi connectivity index (χ4n) is 1.97. The van der Waals surface area contributed by atoms with Crippen LogP contribution < -0.4 is 11.1 Å². The Labute approximate surface area is 117 Å². The molecule has 0 saturated heterocycles. The topological polar surface area (TPSA) is 66.2 Å². The number of hydrogen-bond acceptors (Lipinski definition) is 1. The largest absolute Gasteiger partial charge is 0.370 e. The molecule has 2 rings (SSSR count). The number of benzene rings is 1. The maximum absolute atomic E-state index is 13.1. The van der Waals surface area contributed by atoms with E-state index < -0.39 is 0 Å². The monoisotopic (exact) mass is 274 g/mol. The van der Waals surface area contributed by atoms with E-state index in [1.807, 2.05) is 13.1 Å². The van der Waals surface area contributed by atoms with Crippen LogP contribution in [-0.4, -0.2) is 24.0 Å². The lowest BCUT2D eigenvalue weighted by molar-refractivity contribution is 0.629. The van der Waals surface area contributed by atoms with Crippen molar-refractivity contribution in [1.29, 1.82) is 0 Å². The van der Waals surface area contributed by atoms with Crippen molar-refractivity contribution in [3.05, 3.63) is 47.9 Å². The van der Waals surface area contributed by atoms with Crippen molar-refractivity contribution >= 4 is 16.9 Å². The van der Waals surface area contributed by atoms with Crippen LogP contribution in [0.5, 0.6) is 0 Å². The summed E-state index contributed by atoms with van der Waals surface area (Å²) in [7, 11) is 0. The zero-order valence-electron chi connectivity index (χ0n) is 11.5. The van der Waals surface area contributed by atoms with Crippen LogP contribution in [0.4, 0.5) is 4.39 Å². The molecule has 5 heteroatoms. The number of nitrogens with two attached hydrogens (primary N) is 1. The maximum Gasteiger partial charge on any atom is 0.188 e. The number of nitrogens with one attached hydrogen (secondary N) is 2. The normalized spacial score (nSPS) is 11.8. The van der Waals surface area contributed by atoms with E-state index in [2.05, 4.69) is 21.9 Å². The van der Waals surface area contributed by atoms with Gasteiger partial charge in [-0.2, -0.15) is 0 Å². The van der Waals surface area contributed by atoms with E-state index in [1.165, 1.54) is 12.1 Å². The van der Waals surface area contributed by atoms with Crippen molar-refractivity contribution < 1.29 is 4.39 Å². The Morgan fingerprint density at radius 2 is 2.30 bits per heavy atom. The van der Waals surface area contributed by atoms with Gasteiger partial charge in [0.2, 0.25) is 0 Å². The molecule has 0 saturated carbocycles. The minimum Gasteiger partial charge on any atom is -0.370 e. The Hall–Kier alpha value is -2.30. The minimum atomic E-state index is -0.236. The zero-order chi connectivity index (χ0) is 14.5. The highest BCUT2D eigenvalue weighted by Gasteiger charge is 2.04. The minimum absolute atomic E-state index is 0.236. The lowest BCUT2D eigenvalue weighted by atomic mass is 10.1. The fraction of sp³-hybridized carbons (Fsp3) is 0.267. The van der Waals surface area contributed by atoms with Gasteiger partial charge in [0.25, 0.3) is 0 Å². The summed E-state index contributed by atoms with van der Waals surface area (Å²) in [6, 6.07) is 4.75. The summed E-state index contributed by atoms with van der Waals surface area (Å²) in [6.07, 6.45) is 2.68. The van der Waals surface area contributed by atoms with Crippen molar-refractivity contribution in [2.24, 2.45) is 10.7 Å².